The molecule has 1 aliphatic carbocycles. The molecule has 1 aliphatic heterocycles. The summed E-state index contributed by atoms with van der Waals surface area (Å²) in [4.78, 5) is 11.0. The van der Waals surface area contributed by atoms with Crippen LogP contribution >= 0.6 is 0 Å². The van der Waals surface area contributed by atoms with Crippen LogP contribution in [0.1, 0.15) is 47.1 Å². The quantitative estimate of drug-likeness (QED) is 0.739. The molecule has 1 heterocycles. The highest BCUT2D eigenvalue weighted by Gasteiger charge is 2.38. The lowest BCUT2D eigenvalue weighted by Gasteiger charge is -2.20. The number of carboxylic acids is 1. The van der Waals surface area contributed by atoms with Crippen molar-refractivity contribution in [3.05, 3.63) is 58.7 Å². The second-order valence-electron chi connectivity index (χ2n) is 7.46. The fourth-order valence-electron chi connectivity index (χ4n) is 4.21. The van der Waals surface area contributed by atoms with E-state index in [1.165, 1.54) is 13.2 Å². The normalized spacial score (nSPS) is 20.1. The zero-order chi connectivity index (χ0) is 20.6. The number of carboxylic acid groups (broad SMARTS) is 1. The first-order chi connectivity index (χ1) is 13.9. The van der Waals surface area contributed by atoms with Gasteiger partial charge in [-0.2, -0.15) is 8.78 Å². The fourth-order valence-corrected chi connectivity index (χ4v) is 4.21. The Kier molecular flexibility index (Phi) is 5.17. The monoisotopic (exact) mass is 404 g/mol. The Bertz CT molecular complexity index is 927. The Morgan fingerprint density at radius 3 is 2.86 bits per heavy atom. The van der Waals surface area contributed by atoms with Gasteiger partial charge in [0.2, 0.25) is 0 Å². The summed E-state index contributed by atoms with van der Waals surface area (Å²) in [5.41, 5.74) is 2.24. The molecule has 0 saturated carbocycles. The molecule has 1 N–H and O–H groups in total. The van der Waals surface area contributed by atoms with Gasteiger partial charge in [0.1, 0.15) is 24.2 Å². The lowest BCUT2D eigenvalue weighted by molar-refractivity contribution is -0.137. The minimum atomic E-state index is -3.05. The second kappa shape index (κ2) is 7.63. The van der Waals surface area contributed by atoms with E-state index in [2.05, 4.69) is 4.74 Å². The fraction of sp³-hybridized carbons (Fsp3) is 0.409. The van der Waals surface area contributed by atoms with Gasteiger partial charge in [0.15, 0.2) is 0 Å². The highest BCUT2D eigenvalue weighted by molar-refractivity contribution is 5.68. The third-order valence-electron chi connectivity index (χ3n) is 5.50. The molecule has 4 rings (SSSR count). The van der Waals surface area contributed by atoms with Crippen molar-refractivity contribution in [3.8, 4) is 11.5 Å². The van der Waals surface area contributed by atoms with Crippen LogP contribution < -0.4 is 9.47 Å². The van der Waals surface area contributed by atoms with Crippen LogP contribution in [0, 0.1) is 0 Å². The summed E-state index contributed by atoms with van der Waals surface area (Å²) in [6.07, 6.45) is 0.811. The molecule has 0 fully saturated rings. The average molecular weight is 404 g/mol. The van der Waals surface area contributed by atoms with Gasteiger partial charge in [-0.25, -0.2) is 0 Å². The van der Waals surface area contributed by atoms with Crippen LogP contribution in [0.4, 0.5) is 8.78 Å². The maximum atomic E-state index is 14.4. The zero-order valence-electron chi connectivity index (χ0n) is 16.0. The van der Waals surface area contributed by atoms with Gasteiger partial charge in [-0.1, -0.05) is 24.3 Å². The lowest BCUT2D eigenvalue weighted by atomic mass is 9.98. The molecule has 7 heteroatoms. The predicted octanol–water partition coefficient (Wildman–Crippen LogP) is 4.44. The number of carbonyl (C=O) groups is 1. The van der Waals surface area contributed by atoms with Crippen molar-refractivity contribution in [2.75, 3.05) is 20.3 Å². The standard InChI is InChI=1S/C22H22F2O5/c1-27-12-22(23,24)18-4-2-3-17-16(18)7-8-19(17)29-14-5-6-15-13(9-21(25)26)11-28-20(15)10-14/h2-6,10,13,19H,7-9,11-12H2,1H3,(H,25,26). The van der Waals surface area contributed by atoms with Crippen LogP contribution in [0.5, 0.6) is 11.5 Å². The second-order valence-corrected chi connectivity index (χ2v) is 7.46. The predicted molar refractivity (Wildman–Crippen MR) is 101 cm³/mol. The Labute approximate surface area is 167 Å². The maximum absolute atomic E-state index is 14.4. The van der Waals surface area contributed by atoms with E-state index >= 15 is 0 Å². The molecule has 2 unspecified atom stereocenters. The molecular weight excluding hydrogens is 382 g/mol. The Morgan fingerprint density at radius 2 is 2.10 bits per heavy atom. The molecule has 0 amide bonds. The third-order valence-corrected chi connectivity index (χ3v) is 5.50. The van der Waals surface area contributed by atoms with Crippen LogP contribution in [0.25, 0.3) is 0 Å². The van der Waals surface area contributed by atoms with E-state index < -0.39 is 18.5 Å². The number of hydrogen-bond donors (Lipinski definition) is 1. The number of halogens is 2. The summed E-state index contributed by atoms with van der Waals surface area (Å²) < 4.78 is 45.2. The van der Waals surface area contributed by atoms with Gasteiger partial charge >= 0.3 is 5.97 Å². The molecule has 0 spiro atoms. The minimum absolute atomic E-state index is 0.00301. The summed E-state index contributed by atoms with van der Waals surface area (Å²) in [6, 6.07) is 10.3. The van der Waals surface area contributed by atoms with Crippen molar-refractivity contribution >= 4 is 5.97 Å². The van der Waals surface area contributed by atoms with Gasteiger partial charge in [0.25, 0.3) is 5.92 Å². The van der Waals surface area contributed by atoms with Crippen LogP contribution in [0.3, 0.4) is 0 Å². The van der Waals surface area contributed by atoms with Gasteiger partial charge in [-0.3, -0.25) is 4.79 Å². The molecule has 2 atom stereocenters. The third kappa shape index (κ3) is 3.79. The summed E-state index contributed by atoms with van der Waals surface area (Å²) in [5, 5.41) is 9.01. The van der Waals surface area contributed by atoms with Crippen molar-refractivity contribution in [1.82, 2.24) is 0 Å². The molecule has 2 aromatic rings. The number of benzene rings is 2. The molecule has 0 bridgehead atoms. The minimum Gasteiger partial charge on any atom is -0.492 e. The molecule has 29 heavy (non-hydrogen) atoms. The van der Waals surface area contributed by atoms with E-state index in [1.807, 2.05) is 12.1 Å². The molecule has 0 radical (unpaired) electrons. The maximum Gasteiger partial charge on any atom is 0.304 e. The topological polar surface area (TPSA) is 65.0 Å². The molecule has 0 saturated heterocycles. The summed E-state index contributed by atoms with van der Waals surface area (Å²) in [6.45, 7) is -0.329. The SMILES string of the molecule is COCC(F)(F)c1cccc2c1CCC2Oc1ccc2c(c1)OCC2CC(=O)O. The highest BCUT2D eigenvalue weighted by Crippen LogP contribution is 2.43. The Morgan fingerprint density at radius 1 is 1.28 bits per heavy atom. The largest absolute Gasteiger partial charge is 0.492 e. The first-order valence-electron chi connectivity index (χ1n) is 9.53. The summed E-state index contributed by atoms with van der Waals surface area (Å²) in [7, 11) is 1.26. The van der Waals surface area contributed by atoms with E-state index in [9.17, 15) is 13.6 Å². The van der Waals surface area contributed by atoms with Gasteiger partial charge in [-0.05, 0) is 30.0 Å². The molecule has 0 aromatic heterocycles. The first kappa shape index (κ1) is 19.6. The smallest absolute Gasteiger partial charge is 0.304 e. The number of alkyl halides is 2. The number of aliphatic carboxylic acids is 1. The number of fused-ring (bicyclic) bond motifs is 2. The molecule has 154 valence electrons. The Hall–Kier alpha value is -2.67. The van der Waals surface area contributed by atoms with E-state index in [0.29, 0.717) is 36.5 Å². The van der Waals surface area contributed by atoms with Crippen molar-refractivity contribution in [2.24, 2.45) is 0 Å². The number of methoxy groups -OCH3 is 1. The van der Waals surface area contributed by atoms with E-state index in [-0.39, 0.29) is 24.0 Å². The van der Waals surface area contributed by atoms with E-state index in [0.717, 1.165) is 11.1 Å². The highest BCUT2D eigenvalue weighted by atomic mass is 19.3. The Balaban J connectivity index is 1.54. The first-order valence-corrected chi connectivity index (χ1v) is 9.53. The zero-order valence-corrected chi connectivity index (χ0v) is 16.0. The van der Waals surface area contributed by atoms with Crippen LogP contribution in [-0.2, 0) is 21.9 Å². The van der Waals surface area contributed by atoms with Crippen LogP contribution in [-0.4, -0.2) is 31.4 Å². The van der Waals surface area contributed by atoms with Crippen molar-refractivity contribution in [2.45, 2.75) is 37.2 Å². The summed E-state index contributed by atoms with van der Waals surface area (Å²) in [5.74, 6) is -2.89. The average Bonchev–Trinajstić information content (AvgIpc) is 3.25. The van der Waals surface area contributed by atoms with E-state index in [1.54, 1.807) is 18.2 Å². The van der Waals surface area contributed by atoms with E-state index in [4.69, 9.17) is 14.6 Å². The van der Waals surface area contributed by atoms with Crippen molar-refractivity contribution in [3.63, 3.8) is 0 Å². The molecule has 5 nitrogen and oxygen atoms in total. The van der Waals surface area contributed by atoms with Gasteiger partial charge < -0.3 is 19.3 Å². The summed E-state index contributed by atoms with van der Waals surface area (Å²) >= 11 is 0. The number of hydrogen-bond acceptors (Lipinski definition) is 4. The van der Waals surface area contributed by atoms with Crippen LogP contribution in [0.2, 0.25) is 0 Å². The lowest BCUT2D eigenvalue weighted by Crippen LogP contribution is -2.22. The molecule has 2 aromatic carbocycles. The van der Waals surface area contributed by atoms with Gasteiger partial charge in [0.05, 0.1) is 13.0 Å². The van der Waals surface area contributed by atoms with Crippen molar-refractivity contribution in [1.29, 1.82) is 0 Å². The number of ether oxygens (including phenoxy) is 3. The molecular formula is C22H22F2O5. The number of rotatable bonds is 7. The molecule has 2 aliphatic rings. The van der Waals surface area contributed by atoms with Gasteiger partial charge in [-0.15, -0.1) is 0 Å². The van der Waals surface area contributed by atoms with Crippen LogP contribution in [0.15, 0.2) is 36.4 Å². The van der Waals surface area contributed by atoms with Crippen molar-refractivity contribution < 1.29 is 32.9 Å². The van der Waals surface area contributed by atoms with Gasteiger partial charge in [0, 0.05) is 30.2 Å².